The van der Waals surface area contributed by atoms with E-state index >= 15 is 0 Å². The second kappa shape index (κ2) is 6.87. The molecule has 0 spiro atoms. The van der Waals surface area contributed by atoms with E-state index in [2.05, 4.69) is 31.6 Å². The first-order valence-electron chi connectivity index (χ1n) is 5.70. The van der Waals surface area contributed by atoms with E-state index in [0.717, 1.165) is 35.4 Å². The molecule has 18 heavy (non-hydrogen) atoms. The maximum atomic E-state index is 5.22. The number of methoxy groups -OCH3 is 1. The number of thiazole rings is 1. The molecule has 1 aromatic heterocycles. The predicted octanol–water partition coefficient (Wildman–Crippen LogP) is 3.25. The van der Waals surface area contributed by atoms with Gasteiger partial charge in [-0.1, -0.05) is 15.9 Å². The third-order valence-corrected chi connectivity index (χ3v) is 4.02. The van der Waals surface area contributed by atoms with Crippen LogP contribution in [0.15, 0.2) is 33.6 Å². The Morgan fingerprint density at radius 2 is 2.33 bits per heavy atom. The molecular formula is C13H15BrN2OS. The van der Waals surface area contributed by atoms with Crippen LogP contribution in [0.25, 0.3) is 0 Å². The number of nitrogens with zero attached hydrogens (tertiary/aromatic N) is 1. The zero-order chi connectivity index (χ0) is 12.8. The quantitative estimate of drug-likeness (QED) is 0.827. The van der Waals surface area contributed by atoms with Crippen molar-refractivity contribution in [1.29, 1.82) is 0 Å². The maximum Gasteiger partial charge on any atom is 0.119 e. The predicted molar refractivity (Wildman–Crippen MR) is 78.2 cm³/mol. The number of benzene rings is 1. The molecule has 0 atom stereocenters. The lowest BCUT2D eigenvalue weighted by molar-refractivity contribution is 0.414. The summed E-state index contributed by atoms with van der Waals surface area (Å²) in [5, 5.41) is 5.50. The first kappa shape index (κ1) is 13.5. The van der Waals surface area contributed by atoms with Crippen LogP contribution in [0.5, 0.6) is 5.75 Å². The number of rotatable bonds is 6. The van der Waals surface area contributed by atoms with Crippen molar-refractivity contribution < 1.29 is 4.74 Å². The van der Waals surface area contributed by atoms with Crippen LogP contribution in [0, 0.1) is 0 Å². The summed E-state index contributed by atoms with van der Waals surface area (Å²) in [6.07, 6.45) is 0.963. The minimum atomic E-state index is 0.821. The standard InChI is InChI=1S/C13H15BrN2OS/c1-17-12-2-3-13(14)10(6-12)7-15-5-4-11-8-18-9-16-11/h2-3,6,8-9,15H,4-5,7H2,1H3. The van der Waals surface area contributed by atoms with Crippen molar-refractivity contribution in [3.05, 3.63) is 44.8 Å². The van der Waals surface area contributed by atoms with Gasteiger partial charge in [-0.05, 0) is 23.8 Å². The minimum absolute atomic E-state index is 0.821. The largest absolute Gasteiger partial charge is 0.497 e. The summed E-state index contributed by atoms with van der Waals surface area (Å²) < 4.78 is 6.32. The lowest BCUT2D eigenvalue weighted by Gasteiger charge is -2.08. The zero-order valence-corrected chi connectivity index (χ0v) is 12.6. The third-order valence-electron chi connectivity index (χ3n) is 2.61. The van der Waals surface area contributed by atoms with Crippen LogP contribution in [0.1, 0.15) is 11.3 Å². The summed E-state index contributed by atoms with van der Waals surface area (Å²) in [5.41, 5.74) is 4.22. The zero-order valence-electron chi connectivity index (χ0n) is 10.1. The molecule has 0 saturated carbocycles. The van der Waals surface area contributed by atoms with Gasteiger partial charge in [0, 0.05) is 29.4 Å². The molecule has 1 N–H and O–H groups in total. The van der Waals surface area contributed by atoms with E-state index in [-0.39, 0.29) is 0 Å². The molecule has 0 aliphatic rings. The molecule has 3 nitrogen and oxygen atoms in total. The van der Waals surface area contributed by atoms with Crippen molar-refractivity contribution in [2.75, 3.05) is 13.7 Å². The molecule has 2 aromatic rings. The van der Waals surface area contributed by atoms with Gasteiger partial charge >= 0.3 is 0 Å². The fourth-order valence-corrected chi connectivity index (χ4v) is 2.59. The normalized spacial score (nSPS) is 10.6. The van der Waals surface area contributed by atoms with Gasteiger partial charge in [-0.3, -0.25) is 0 Å². The summed E-state index contributed by atoms with van der Waals surface area (Å²) in [5.74, 6) is 0.884. The number of hydrogen-bond donors (Lipinski definition) is 1. The minimum Gasteiger partial charge on any atom is -0.497 e. The lowest BCUT2D eigenvalue weighted by atomic mass is 10.2. The first-order chi connectivity index (χ1) is 8.79. The molecule has 0 saturated heterocycles. The van der Waals surface area contributed by atoms with Crippen LogP contribution in [0.2, 0.25) is 0 Å². The summed E-state index contributed by atoms with van der Waals surface area (Å²) in [6.45, 7) is 1.75. The Morgan fingerprint density at radius 1 is 1.44 bits per heavy atom. The highest BCUT2D eigenvalue weighted by Crippen LogP contribution is 2.22. The smallest absolute Gasteiger partial charge is 0.119 e. The van der Waals surface area contributed by atoms with Gasteiger partial charge in [-0.15, -0.1) is 11.3 Å². The van der Waals surface area contributed by atoms with Crippen LogP contribution in [0.4, 0.5) is 0 Å². The Morgan fingerprint density at radius 3 is 3.06 bits per heavy atom. The van der Waals surface area contributed by atoms with E-state index in [4.69, 9.17) is 4.74 Å². The van der Waals surface area contributed by atoms with Gasteiger partial charge in [-0.2, -0.15) is 0 Å². The Balaban J connectivity index is 1.82. The molecule has 0 fully saturated rings. The van der Waals surface area contributed by atoms with E-state index in [1.807, 2.05) is 23.7 Å². The van der Waals surface area contributed by atoms with Crippen LogP contribution in [0.3, 0.4) is 0 Å². The Bertz CT molecular complexity index is 488. The summed E-state index contributed by atoms with van der Waals surface area (Å²) in [7, 11) is 1.68. The Hall–Kier alpha value is -0.910. The third kappa shape index (κ3) is 3.80. The van der Waals surface area contributed by atoms with Crippen molar-refractivity contribution in [2.24, 2.45) is 0 Å². The average Bonchev–Trinajstić information content (AvgIpc) is 2.89. The highest BCUT2D eigenvalue weighted by molar-refractivity contribution is 9.10. The van der Waals surface area contributed by atoms with Crippen molar-refractivity contribution >= 4 is 27.3 Å². The Labute approximate surface area is 119 Å². The fraction of sp³-hybridized carbons (Fsp3) is 0.308. The fourth-order valence-electron chi connectivity index (χ4n) is 1.61. The van der Waals surface area contributed by atoms with Crippen molar-refractivity contribution in [3.63, 3.8) is 0 Å². The SMILES string of the molecule is COc1ccc(Br)c(CNCCc2cscn2)c1. The van der Waals surface area contributed by atoms with Crippen LogP contribution in [-0.4, -0.2) is 18.6 Å². The monoisotopic (exact) mass is 326 g/mol. The highest BCUT2D eigenvalue weighted by atomic mass is 79.9. The number of halogens is 1. The first-order valence-corrected chi connectivity index (χ1v) is 7.43. The average molecular weight is 327 g/mol. The van der Waals surface area contributed by atoms with Crippen molar-refractivity contribution in [3.8, 4) is 5.75 Å². The second-order valence-corrected chi connectivity index (χ2v) is 5.44. The molecule has 0 bridgehead atoms. The van der Waals surface area contributed by atoms with Gasteiger partial charge in [-0.25, -0.2) is 4.98 Å². The van der Waals surface area contributed by atoms with Crippen LogP contribution < -0.4 is 10.1 Å². The molecule has 0 unspecified atom stereocenters. The number of hydrogen-bond acceptors (Lipinski definition) is 4. The molecule has 1 aromatic carbocycles. The van der Waals surface area contributed by atoms with E-state index in [1.165, 1.54) is 5.56 Å². The number of nitrogens with one attached hydrogen (secondary N) is 1. The van der Waals surface area contributed by atoms with E-state index < -0.39 is 0 Å². The molecule has 2 rings (SSSR count). The number of aromatic nitrogens is 1. The molecule has 0 amide bonds. The summed E-state index contributed by atoms with van der Waals surface area (Å²) in [6, 6.07) is 6.00. The van der Waals surface area contributed by atoms with E-state index in [9.17, 15) is 0 Å². The molecule has 0 radical (unpaired) electrons. The maximum absolute atomic E-state index is 5.22. The molecular weight excluding hydrogens is 312 g/mol. The van der Waals surface area contributed by atoms with Gasteiger partial charge in [0.1, 0.15) is 5.75 Å². The Kier molecular flexibility index (Phi) is 5.16. The van der Waals surface area contributed by atoms with Crippen molar-refractivity contribution in [2.45, 2.75) is 13.0 Å². The summed E-state index contributed by atoms with van der Waals surface area (Å²) >= 11 is 5.18. The second-order valence-electron chi connectivity index (χ2n) is 3.86. The van der Waals surface area contributed by atoms with Gasteiger partial charge in [0.2, 0.25) is 0 Å². The highest BCUT2D eigenvalue weighted by Gasteiger charge is 2.02. The molecule has 96 valence electrons. The van der Waals surface area contributed by atoms with Crippen molar-refractivity contribution in [1.82, 2.24) is 10.3 Å². The van der Waals surface area contributed by atoms with Gasteiger partial charge in [0.05, 0.1) is 18.3 Å². The van der Waals surface area contributed by atoms with E-state index in [1.54, 1.807) is 18.4 Å². The topological polar surface area (TPSA) is 34.1 Å². The molecule has 5 heteroatoms. The van der Waals surface area contributed by atoms with E-state index in [0.29, 0.717) is 0 Å². The van der Waals surface area contributed by atoms with Gasteiger partial charge < -0.3 is 10.1 Å². The summed E-state index contributed by atoms with van der Waals surface area (Å²) in [4.78, 5) is 4.25. The van der Waals surface area contributed by atoms with Crippen LogP contribution in [-0.2, 0) is 13.0 Å². The van der Waals surface area contributed by atoms with Crippen LogP contribution >= 0.6 is 27.3 Å². The number of ether oxygens (including phenoxy) is 1. The molecule has 1 heterocycles. The molecule has 0 aliphatic carbocycles. The lowest BCUT2D eigenvalue weighted by Crippen LogP contribution is -2.17. The van der Waals surface area contributed by atoms with Gasteiger partial charge in [0.15, 0.2) is 0 Å². The molecule has 0 aliphatic heterocycles. The van der Waals surface area contributed by atoms with Gasteiger partial charge in [0.25, 0.3) is 0 Å².